The fraction of sp³-hybridized carbons (Fsp3) is 0.182. The van der Waals surface area contributed by atoms with E-state index in [1.54, 1.807) is 18.2 Å². The van der Waals surface area contributed by atoms with Gasteiger partial charge in [0.2, 0.25) is 0 Å². The van der Waals surface area contributed by atoms with E-state index in [0.717, 1.165) is 5.69 Å². The maximum absolute atomic E-state index is 8.84. The Hall–Kier alpha value is -1.17. The van der Waals surface area contributed by atoms with Gasteiger partial charge in [-0.15, -0.1) is 11.6 Å². The first kappa shape index (κ1) is 11.9. The van der Waals surface area contributed by atoms with Crippen molar-refractivity contribution in [2.75, 3.05) is 17.7 Å². The number of hydrogen-bond donors (Lipinski definition) is 1. The summed E-state index contributed by atoms with van der Waals surface area (Å²) >= 11 is 11.3. The van der Waals surface area contributed by atoms with Crippen molar-refractivity contribution in [3.8, 4) is 6.07 Å². The molecule has 1 aromatic carbocycles. The third-order valence-electron chi connectivity index (χ3n) is 1.77. The number of benzene rings is 1. The molecule has 78 valence electrons. The lowest BCUT2D eigenvalue weighted by molar-refractivity contribution is 1.31. The first-order chi connectivity index (χ1) is 7.27. The molecular formula is C11H10Cl2N2. The van der Waals surface area contributed by atoms with Crippen LogP contribution in [0.4, 0.5) is 5.69 Å². The molecule has 0 unspecified atom stereocenters. The normalized spacial score (nSPS) is 10.2. The van der Waals surface area contributed by atoms with E-state index in [1.807, 2.05) is 12.2 Å². The molecule has 0 aliphatic rings. The van der Waals surface area contributed by atoms with Crippen molar-refractivity contribution in [2.24, 2.45) is 0 Å². The smallest absolute Gasteiger partial charge is 0.101 e. The molecule has 0 amide bonds. The van der Waals surface area contributed by atoms with Gasteiger partial charge in [0.1, 0.15) is 6.07 Å². The van der Waals surface area contributed by atoms with Crippen LogP contribution in [0.3, 0.4) is 0 Å². The summed E-state index contributed by atoms with van der Waals surface area (Å²) in [6.45, 7) is 0.627. The molecule has 0 radical (unpaired) electrons. The molecule has 4 heteroatoms. The van der Waals surface area contributed by atoms with Crippen molar-refractivity contribution in [2.45, 2.75) is 0 Å². The lowest BCUT2D eigenvalue weighted by atomic mass is 10.2. The zero-order valence-electron chi connectivity index (χ0n) is 8.00. The van der Waals surface area contributed by atoms with Crippen LogP contribution in [0.25, 0.3) is 0 Å². The minimum absolute atomic E-state index is 0.488. The number of alkyl halides is 1. The molecule has 0 spiro atoms. The van der Waals surface area contributed by atoms with Crippen LogP contribution in [0, 0.1) is 11.3 Å². The molecule has 0 aliphatic carbocycles. The van der Waals surface area contributed by atoms with Gasteiger partial charge in [0, 0.05) is 17.4 Å². The molecule has 0 saturated heterocycles. The zero-order valence-corrected chi connectivity index (χ0v) is 9.52. The van der Waals surface area contributed by atoms with E-state index in [-0.39, 0.29) is 0 Å². The van der Waals surface area contributed by atoms with E-state index in [2.05, 4.69) is 11.4 Å². The summed E-state index contributed by atoms with van der Waals surface area (Å²) in [5.74, 6) is 0.488. The number of rotatable bonds is 4. The highest BCUT2D eigenvalue weighted by atomic mass is 35.5. The van der Waals surface area contributed by atoms with E-state index in [9.17, 15) is 0 Å². The van der Waals surface area contributed by atoms with E-state index >= 15 is 0 Å². The lowest BCUT2D eigenvalue weighted by Crippen LogP contribution is -2.00. The number of nitrogens with one attached hydrogen (secondary N) is 1. The standard InChI is InChI=1S/C11H10Cl2N2/c12-5-1-2-6-15-11-7-10(13)4-3-9(11)8-14/h1-4,7,15H,5-6H2/b2-1+. The molecule has 15 heavy (non-hydrogen) atoms. The maximum atomic E-state index is 8.84. The molecule has 1 rings (SSSR count). The van der Waals surface area contributed by atoms with Crippen LogP contribution in [0.2, 0.25) is 5.02 Å². The van der Waals surface area contributed by atoms with Crippen LogP contribution in [0.1, 0.15) is 5.56 Å². The molecule has 0 aromatic heterocycles. The van der Waals surface area contributed by atoms with E-state index in [1.165, 1.54) is 0 Å². The summed E-state index contributed by atoms with van der Waals surface area (Å²) in [6, 6.07) is 7.21. The van der Waals surface area contributed by atoms with Crippen molar-refractivity contribution in [3.63, 3.8) is 0 Å². The van der Waals surface area contributed by atoms with Crippen LogP contribution in [0.5, 0.6) is 0 Å². The number of nitrogens with zero attached hydrogens (tertiary/aromatic N) is 1. The van der Waals surface area contributed by atoms with Crippen molar-refractivity contribution in [3.05, 3.63) is 40.9 Å². The Kier molecular flexibility index (Phi) is 5.03. The molecule has 0 saturated carbocycles. The van der Waals surface area contributed by atoms with Gasteiger partial charge < -0.3 is 5.32 Å². The van der Waals surface area contributed by atoms with E-state index < -0.39 is 0 Å². The molecule has 1 aromatic rings. The van der Waals surface area contributed by atoms with Crippen LogP contribution in [-0.2, 0) is 0 Å². The minimum Gasteiger partial charge on any atom is -0.380 e. The van der Waals surface area contributed by atoms with Gasteiger partial charge in [0.15, 0.2) is 0 Å². The van der Waals surface area contributed by atoms with Gasteiger partial charge in [-0.2, -0.15) is 5.26 Å². The molecule has 1 N–H and O–H groups in total. The molecule has 0 bridgehead atoms. The largest absolute Gasteiger partial charge is 0.380 e. The van der Waals surface area contributed by atoms with E-state index in [4.69, 9.17) is 28.5 Å². The Morgan fingerprint density at radius 3 is 2.87 bits per heavy atom. The molecule has 0 aliphatic heterocycles. The van der Waals surface area contributed by atoms with Gasteiger partial charge in [0.05, 0.1) is 11.3 Å². The second kappa shape index (κ2) is 6.34. The number of nitriles is 1. The summed E-state index contributed by atoms with van der Waals surface area (Å²) in [7, 11) is 0. The van der Waals surface area contributed by atoms with Crippen molar-refractivity contribution in [1.82, 2.24) is 0 Å². The topological polar surface area (TPSA) is 35.8 Å². The Labute approximate surface area is 99.1 Å². The summed E-state index contributed by atoms with van der Waals surface area (Å²) in [6.07, 6.45) is 3.74. The third-order valence-corrected chi connectivity index (χ3v) is 2.18. The fourth-order valence-electron chi connectivity index (χ4n) is 1.08. The average Bonchev–Trinajstić information content (AvgIpc) is 2.25. The quantitative estimate of drug-likeness (QED) is 0.647. The Bertz CT molecular complexity index is 394. The van der Waals surface area contributed by atoms with Crippen LogP contribution < -0.4 is 5.32 Å². The molecule has 0 heterocycles. The van der Waals surface area contributed by atoms with Crippen LogP contribution >= 0.6 is 23.2 Å². The first-order valence-corrected chi connectivity index (χ1v) is 5.33. The highest BCUT2D eigenvalue weighted by molar-refractivity contribution is 6.30. The van der Waals surface area contributed by atoms with Gasteiger partial charge in [-0.3, -0.25) is 0 Å². The van der Waals surface area contributed by atoms with Gasteiger partial charge in [-0.1, -0.05) is 23.8 Å². The Morgan fingerprint density at radius 2 is 2.20 bits per heavy atom. The number of anilines is 1. The summed E-state index contributed by atoms with van der Waals surface area (Å²) in [4.78, 5) is 0. The third kappa shape index (κ3) is 3.83. The van der Waals surface area contributed by atoms with Gasteiger partial charge in [-0.05, 0) is 18.2 Å². The molecule has 0 fully saturated rings. The second-order valence-corrected chi connectivity index (χ2v) is 3.55. The van der Waals surface area contributed by atoms with Crippen LogP contribution in [0.15, 0.2) is 30.4 Å². The first-order valence-electron chi connectivity index (χ1n) is 4.42. The molecular weight excluding hydrogens is 231 g/mol. The van der Waals surface area contributed by atoms with Crippen molar-refractivity contribution >= 4 is 28.9 Å². The molecule has 2 nitrogen and oxygen atoms in total. The Balaban J connectivity index is 2.71. The monoisotopic (exact) mass is 240 g/mol. The minimum atomic E-state index is 0.488. The SMILES string of the molecule is N#Cc1ccc(Cl)cc1NC/C=C/CCl. The van der Waals surface area contributed by atoms with Crippen molar-refractivity contribution in [1.29, 1.82) is 5.26 Å². The predicted octanol–water partition coefficient (Wildman–Crippen LogP) is 3.42. The number of allylic oxidation sites excluding steroid dienone is 1. The van der Waals surface area contributed by atoms with Gasteiger partial charge in [0.25, 0.3) is 0 Å². The Morgan fingerprint density at radius 1 is 1.40 bits per heavy atom. The maximum Gasteiger partial charge on any atom is 0.101 e. The van der Waals surface area contributed by atoms with Gasteiger partial charge in [-0.25, -0.2) is 0 Å². The average molecular weight is 241 g/mol. The van der Waals surface area contributed by atoms with Crippen LogP contribution in [-0.4, -0.2) is 12.4 Å². The second-order valence-electron chi connectivity index (χ2n) is 2.81. The highest BCUT2D eigenvalue weighted by Gasteiger charge is 2.00. The van der Waals surface area contributed by atoms with Gasteiger partial charge >= 0.3 is 0 Å². The fourth-order valence-corrected chi connectivity index (χ4v) is 1.37. The highest BCUT2D eigenvalue weighted by Crippen LogP contribution is 2.19. The van der Waals surface area contributed by atoms with E-state index in [0.29, 0.717) is 23.0 Å². The summed E-state index contributed by atoms with van der Waals surface area (Å²) < 4.78 is 0. The number of hydrogen-bond acceptors (Lipinski definition) is 2. The lowest BCUT2D eigenvalue weighted by Gasteiger charge is -2.05. The molecule has 0 atom stereocenters. The summed E-state index contributed by atoms with van der Waals surface area (Å²) in [5, 5.41) is 12.5. The number of halogens is 2. The van der Waals surface area contributed by atoms with Crippen molar-refractivity contribution < 1.29 is 0 Å². The summed E-state index contributed by atoms with van der Waals surface area (Å²) in [5.41, 5.74) is 1.32. The zero-order chi connectivity index (χ0) is 11.1. The predicted molar refractivity (Wildman–Crippen MR) is 64.5 cm³/mol.